The van der Waals surface area contributed by atoms with E-state index in [0.29, 0.717) is 17.8 Å². The Labute approximate surface area is 134 Å². The molecule has 122 valence electrons. The molecule has 0 saturated heterocycles. The number of rotatable bonds is 8. The van der Waals surface area contributed by atoms with Crippen LogP contribution in [-0.2, 0) is 9.53 Å². The number of thiocarbonyl (C=S) groups is 1. The molecule has 1 rings (SSSR count). The summed E-state index contributed by atoms with van der Waals surface area (Å²) in [5, 5.41) is 3.18. The second-order valence-corrected chi connectivity index (χ2v) is 7.19. The van der Waals surface area contributed by atoms with Crippen LogP contribution in [0.15, 0.2) is 0 Å². The highest BCUT2D eigenvalue weighted by Gasteiger charge is 2.51. The van der Waals surface area contributed by atoms with Gasteiger partial charge in [-0.2, -0.15) is 0 Å². The molecular weight excluding hydrogens is 284 g/mol. The van der Waals surface area contributed by atoms with Crippen LogP contribution < -0.4 is 11.1 Å². The van der Waals surface area contributed by atoms with E-state index in [1.165, 1.54) is 0 Å². The molecule has 1 amide bonds. The molecule has 3 N–H and O–H groups in total. The quantitative estimate of drug-likeness (QED) is 0.676. The van der Waals surface area contributed by atoms with Crippen LogP contribution in [0.2, 0.25) is 0 Å². The molecule has 0 spiro atoms. The van der Waals surface area contributed by atoms with Gasteiger partial charge < -0.3 is 15.8 Å². The number of nitrogens with two attached hydrogens (primary N) is 1. The van der Waals surface area contributed by atoms with Crippen LogP contribution in [0.4, 0.5) is 0 Å². The third kappa shape index (κ3) is 3.39. The van der Waals surface area contributed by atoms with Gasteiger partial charge in [0, 0.05) is 18.6 Å². The Morgan fingerprint density at radius 3 is 2.24 bits per heavy atom. The van der Waals surface area contributed by atoms with Crippen LogP contribution in [0.25, 0.3) is 0 Å². The summed E-state index contributed by atoms with van der Waals surface area (Å²) in [5.74, 6) is -0.00803. The molecule has 0 aromatic rings. The molecule has 0 aliphatic heterocycles. The first kappa shape index (κ1) is 18.4. The number of carbonyl (C=O) groups is 1. The van der Waals surface area contributed by atoms with Crippen LogP contribution in [0.5, 0.6) is 0 Å². The molecule has 1 aliphatic carbocycles. The summed E-state index contributed by atoms with van der Waals surface area (Å²) in [7, 11) is 1.72. The zero-order chi connectivity index (χ0) is 16.3. The molecule has 1 aliphatic rings. The summed E-state index contributed by atoms with van der Waals surface area (Å²) in [6, 6.07) is 0.123. The SMILES string of the molecule is CCCC(CCC)(C(=O)NC1CC(OC)C1(C)C)C(N)=S. The fraction of sp³-hybridized carbons (Fsp3) is 0.875. The lowest BCUT2D eigenvalue weighted by molar-refractivity contribution is -0.139. The normalized spacial score (nSPS) is 24.2. The number of nitrogens with one attached hydrogen (secondary N) is 1. The molecule has 0 aromatic carbocycles. The van der Waals surface area contributed by atoms with E-state index in [1.54, 1.807) is 7.11 Å². The number of methoxy groups -OCH3 is 1. The number of hydrogen-bond donors (Lipinski definition) is 2. The van der Waals surface area contributed by atoms with Gasteiger partial charge in [-0.1, -0.05) is 52.8 Å². The van der Waals surface area contributed by atoms with Gasteiger partial charge in [-0.25, -0.2) is 0 Å². The molecule has 0 heterocycles. The Kier molecular flexibility index (Phi) is 6.17. The first-order valence-corrected chi connectivity index (χ1v) is 8.30. The average Bonchev–Trinajstić information content (AvgIpc) is 2.41. The van der Waals surface area contributed by atoms with Gasteiger partial charge in [0.25, 0.3) is 0 Å². The van der Waals surface area contributed by atoms with Crippen molar-refractivity contribution in [3.63, 3.8) is 0 Å². The van der Waals surface area contributed by atoms with E-state index in [1.807, 2.05) is 0 Å². The molecular formula is C16H30N2O2S. The highest BCUT2D eigenvalue weighted by Crippen LogP contribution is 2.43. The minimum Gasteiger partial charge on any atom is -0.392 e. The van der Waals surface area contributed by atoms with Gasteiger partial charge in [0.1, 0.15) is 0 Å². The predicted octanol–water partition coefficient (Wildman–Crippen LogP) is 2.79. The topological polar surface area (TPSA) is 64.3 Å². The van der Waals surface area contributed by atoms with Crippen LogP contribution >= 0.6 is 12.2 Å². The lowest BCUT2D eigenvalue weighted by Crippen LogP contribution is -2.64. The van der Waals surface area contributed by atoms with Gasteiger partial charge >= 0.3 is 0 Å². The predicted molar refractivity (Wildman–Crippen MR) is 90.2 cm³/mol. The highest BCUT2D eigenvalue weighted by atomic mass is 32.1. The molecule has 2 atom stereocenters. The van der Waals surface area contributed by atoms with Crippen molar-refractivity contribution in [3.05, 3.63) is 0 Å². The van der Waals surface area contributed by atoms with Gasteiger partial charge in [0.05, 0.1) is 16.5 Å². The van der Waals surface area contributed by atoms with Crippen molar-refractivity contribution in [2.24, 2.45) is 16.6 Å². The second kappa shape index (κ2) is 7.05. The van der Waals surface area contributed by atoms with Crippen molar-refractivity contribution in [2.45, 2.75) is 71.9 Å². The fourth-order valence-electron chi connectivity index (χ4n) is 3.39. The van der Waals surface area contributed by atoms with E-state index in [0.717, 1.165) is 19.3 Å². The van der Waals surface area contributed by atoms with Crippen molar-refractivity contribution in [2.75, 3.05) is 7.11 Å². The van der Waals surface area contributed by atoms with Crippen LogP contribution in [0.1, 0.15) is 59.8 Å². The zero-order valence-corrected chi connectivity index (χ0v) is 14.8. The summed E-state index contributed by atoms with van der Waals surface area (Å²) in [5.41, 5.74) is 5.19. The van der Waals surface area contributed by atoms with Crippen LogP contribution in [0, 0.1) is 10.8 Å². The van der Waals surface area contributed by atoms with Crippen molar-refractivity contribution >= 4 is 23.1 Å². The number of amides is 1. The third-order valence-corrected chi connectivity index (χ3v) is 5.42. The Morgan fingerprint density at radius 2 is 1.90 bits per heavy atom. The Hall–Kier alpha value is -0.680. The maximum absolute atomic E-state index is 12.9. The summed E-state index contributed by atoms with van der Waals surface area (Å²) >= 11 is 5.24. The maximum Gasteiger partial charge on any atom is 0.233 e. The Balaban J connectivity index is 2.85. The van der Waals surface area contributed by atoms with E-state index >= 15 is 0 Å². The molecule has 21 heavy (non-hydrogen) atoms. The summed E-state index contributed by atoms with van der Waals surface area (Å²) in [4.78, 5) is 13.2. The Morgan fingerprint density at radius 1 is 1.38 bits per heavy atom. The van der Waals surface area contributed by atoms with E-state index in [4.69, 9.17) is 22.7 Å². The van der Waals surface area contributed by atoms with E-state index in [9.17, 15) is 4.79 Å². The zero-order valence-electron chi connectivity index (χ0n) is 14.0. The van der Waals surface area contributed by atoms with E-state index < -0.39 is 5.41 Å². The summed E-state index contributed by atoms with van der Waals surface area (Å²) < 4.78 is 5.44. The molecule has 0 bridgehead atoms. The highest BCUT2D eigenvalue weighted by molar-refractivity contribution is 7.80. The van der Waals surface area contributed by atoms with Gasteiger partial charge in [-0.15, -0.1) is 0 Å². The number of ether oxygens (including phenoxy) is 1. The molecule has 5 heteroatoms. The number of hydrogen-bond acceptors (Lipinski definition) is 3. The molecule has 1 saturated carbocycles. The van der Waals surface area contributed by atoms with E-state index in [-0.39, 0.29) is 23.5 Å². The lowest BCUT2D eigenvalue weighted by atomic mass is 9.64. The van der Waals surface area contributed by atoms with Crippen LogP contribution in [0.3, 0.4) is 0 Å². The van der Waals surface area contributed by atoms with E-state index in [2.05, 4.69) is 33.0 Å². The van der Waals surface area contributed by atoms with Gasteiger partial charge in [-0.3, -0.25) is 4.79 Å². The second-order valence-electron chi connectivity index (χ2n) is 6.75. The minimum atomic E-state index is -0.701. The number of carbonyl (C=O) groups excluding carboxylic acids is 1. The van der Waals surface area contributed by atoms with Crippen LogP contribution in [-0.4, -0.2) is 30.2 Å². The summed E-state index contributed by atoms with van der Waals surface area (Å²) in [6.45, 7) is 8.36. The maximum atomic E-state index is 12.9. The summed E-state index contributed by atoms with van der Waals surface area (Å²) in [6.07, 6.45) is 4.24. The molecule has 4 nitrogen and oxygen atoms in total. The van der Waals surface area contributed by atoms with Crippen molar-refractivity contribution in [1.82, 2.24) is 5.32 Å². The Bertz CT molecular complexity index is 390. The minimum absolute atomic E-state index is 0.00803. The fourth-order valence-corrected chi connectivity index (χ4v) is 3.69. The standard InChI is InChI=1S/C16H30N2O2S/c1-6-8-16(9-7-2,13(17)21)14(19)18-11-10-12(20-5)15(11,3)4/h11-12H,6-10H2,1-5H3,(H2,17,21)(H,18,19). The van der Waals surface area contributed by atoms with Gasteiger partial charge in [0.15, 0.2) is 0 Å². The smallest absolute Gasteiger partial charge is 0.233 e. The van der Waals surface area contributed by atoms with Crippen molar-refractivity contribution in [1.29, 1.82) is 0 Å². The average molecular weight is 314 g/mol. The monoisotopic (exact) mass is 314 g/mol. The first-order chi connectivity index (χ1) is 9.76. The first-order valence-electron chi connectivity index (χ1n) is 7.89. The lowest BCUT2D eigenvalue weighted by Gasteiger charge is -2.52. The largest absolute Gasteiger partial charge is 0.392 e. The van der Waals surface area contributed by atoms with Gasteiger partial charge in [0.2, 0.25) is 5.91 Å². The molecule has 1 fully saturated rings. The van der Waals surface area contributed by atoms with Crippen molar-refractivity contribution in [3.8, 4) is 0 Å². The molecule has 0 aromatic heterocycles. The van der Waals surface area contributed by atoms with Gasteiger partial charge in [-0.05, 0) is 19.3 Å². The van der Waals surface area contributed by atoms with Crippen molar-refractivity contribution < 1.29 is 9.53 Å². The molecule has 2 unspecified atom stereocenters. The third-order valence-electron chi connectivity index (χ3n) is 5.03. The molecule has 0 radical (unpaired) electrons.